The van der Waals surface area contributed by atoms with Gasteiger partial charge in [0.05, 0.1) is 0 Å². The monoisotopic (exact) mass is 271 g/mol. The molecule has 0 bridgehead atoms. The summed E-state index contributed by atoms with van der Waals surface area (Å²) in [5.41, 5.74) is 0. The van der Waals surface area contributed by atoms with Crippen molar-refractivity contribution in [3.8, 4) is 0 Å². The molecule has 54 valence electrons. The van der Waals surface area contributed by atoms with Crippen LogP contribution in [-0.2, 0) is 0 Å². The molecule has 0 aliphatic rings. The Morgan fingerprint density at radius 3 is 2.89 bits per heavy atom. The normalized spacial score (nSPS) is 9.11. The average molecular weight is 272 g/mol. The zero-order valence-electron chi connectivity index (χ0n) is 5.52. The molecule has 1 nitrogen and oxygen atoms in total. The molecule has 0 heterocycles. The molecule has 4 heteroatoms. The number of hydrogen-bond acceptors (Lipinski definition) is 2. The molecule has 0 aliphatic heterocycles. The van der Waals surface area contributed by atoms with Gasteiger partial charge < -0.3 is 0 Å². The van der Waals surface area contributed by atoms with Crippen LogP contribution in [0, 0.1) is 0 Å². The van der Waals surface area contributed by atoms with E-state index in [-0.39, 0.29) is 0 Å². The van der Waals surface area contributed by atoms with Crippen LogP contribution in [0.2, 0.25) is 0 Å². The Hall–Kier alpha value is 1.06. The van der Waals surface area contributed by atoms with Crippen molar-refractivity contribution < 1.29 is 0 Å². The Balaban J connectivity index is 2.97. The van der Waals surface area contributed by atoms with Gasteiger partial charge >= 0.3 is 78.6 Å². The molecule has 9 heavy (non-hydrogen) atoms. The van der Waals surface area contributed by atoms with Gasteiger partial charge in [0.2, 0.25) is 0 Å². The molecule has 0 amide bonds. The van der Waals surface area contributed by atoms with E-state index in [1.54, 1.807) is 8.85 Å². The van der Waals surface area contributed by atoms with E-state index in [9.17, 15) is 0 Å². The second-order valence-electron chi connectivity index (χ2n) is 1.69. The summed E-state index contributed by atoms with van der Waals surface area (Å²) in [4.78, 5) is 0. The van der Waals surface area contributed by atoms with E-state index in [0.29, 0.717) is 0 Å². The van der Waals surface area contributed by atoms with Crippen molar-refractivity contribution in [1.82, 2.24) is 5.32 Å². The number of thiocarbonyl (C=S) groups is 1. The average Bonchev–Trinajstić information content (AvgIpc) is 1.89. The zero-order chi connectivity index (χ0) is 7.11. The molecule has 0 atom stereocenters. The van der Waals surface area contributed by atoms with Crippen molar-refractivity contribution in [3.05, 3.63) is 0 Å². The van der Waals surface area contributed by atoms with Crippen LogP contribution in [0.5, 0.6) is 0 Å². The van der Waals surface area contributed by atoms with Gasteiger partial charge in [-0.1, -0.05) is 0 Å². The standard InChI is InChI=1S/C5H11NS2.Sb.2H/c1-2-3-4-6-5(7)8;;;/h2-4H2,1H3,(H2,6,7,8);;;/q;+1;;/p-1. The van der Waals surface area contributed by atoms with Crippen molar-refractivity contribution >= 4 is 47.0 Å². The molecule has 0 rings (SSSR count). The van der Waals surface area contributed by atoms with Crippen molar-refractivity contribution in [1.29, 1.82) is 0 Å². The summed E-state index contributed by atoms with van der Waals surface area (Å²) in [5.74, 6) is 0. The van der Waals surface area contributed by atoms with Gasteiger partial charge in [0.15, 0.2) is 0 Å². The predicted molar refractivity (Wildman–Crippen MR) is 51.6 cm³/mol. The van der Waals surface area contributed by atoms with E-state index in [2.05, 4.69) is 12.2 Å². The fourth-order valence-electron chi connectivity index (χ4n) is 0.409. The predicted octanol–water partition coefficient (Wildman–Crippen LogP) is 0.942. The first kappa shape index (κ1) is 10.1. The number of rotatable bonds is 3. The van der Waals surface area contributed by atoms with Gasteiger partial charge in [-0.25, -0.2) is 0 Å². The summed E-state index contributed by atoms with van der Waals surface area (Å²) < 4.78 is 0.964. The molecule has 0 aliphatic carbocycles. The first-order valence-corrected chi connectivity index (χ1v) is 8.28. The van der Waals surface area contributed by atoms with Gasteiger partial charge in [0.25, 0.3) is 0 Å². The van der Waals surface area contributed by atoms with Crippen LogP contribution in [0.4, 0.5) is 0 Å². The van der Waals surface area contributed by atoms with E-state index in [4.69, 9.17) is 12.2 Å². The molecule has 0 saturated carbocycles. The van der Waals surface area contributed by atoms with Gasteiger partial charge in [-0.15, -0.1) is 0 Å². The van der Waals surface area contributed by atoms with Gasteiger partial charge in [-0.2, -0.15) is 0 Å². The molecule has 0 aromatic heterocycles. The Labute approximate surface area is 78.2 Å². The quantitative estimate of drug-likeness (QED) is 0.466. The number of hydrogen-bond donors (Lipinski definition) is 1. The summed E-state index contributed by atoms with van der Waals surface area (Å²) in [6, 6.07) is 0. The van der Waals surface area contributed by atoms with E-state index in [1.165, 1.54) is 12.8 Å². The number of unbranched alkanes of at least 4 members (excludes halogenated alkanes) is 1. The third-order valence-electron chi connectivity index (χ3n) is 0.907. The van der Waals surface area contributed by atoms with Gasteiger partial charge in [0.1, 0.15) is 0 Å². The van der Waals surface area contributed by atoms with Gasteiger partial charge in [0, 0.05) is 0 Å². The third-order valence-corrected chi connectivity index (χ3v) is 5.18. The Kier molecular flexibility index (Phi) is 8.01. The fourth-order valence-corrected chi connectivity index (χ4v) is 1.41. The molecule has 0 fully saturated rings. The maximum absolute atomic E-state index is 4.95. The molecule has 0 spiro atoms. The van der Waals surface area contributed by atoms with Gasteiger partial charge in [-0.3, -0.25) is 0 Å². The van der Waals surface area contributed by atoms with Crippen molar-refractivity contribution in [2.45, 2.75) is 19.8 Å². The molecule has 1 N–H and O–H groups in total. The Bertz CT molecular complexity index is 87.0. The molecular formula is C5H12NS2Sb. The van der Waals surface area contributed by atoms with E-state index < -0.39 is 0 Å². The summed E-state index contributed by atoms with van der Waals surface area (Å²) in [7, 11) is 1.73. The second-order valence-corrected chi connectivity index (χ2v) is 5.01. The van der Waals surface area contributed by atoms with Crippen LogP contribution in [0.25, 0.3) is 0 Å². The first-order chi connectivity index (χ1) is 4.31. The third kappa shape index (κ3) is 6.95. The van der Waals surface area contributed by atoms with Crippen LogP contribution in [0.1, 0.15) is 19.8 Å². The summed E-state index contributed by atoms with van der Waals surface area (Å²) in [6.07, 6.45) is 2.46. The van der Waals surface area contributed by atoms with Crippen LogP contribution < -0.4 is 5.32 Å². The van der Waals surface area contributed by atoms with Crippen molar-refractivity contribution in [2.75, 3.05) is 6.54 Å². The van der Waals surface area contributed by atoms with E-state index in [1.807, 2.05) is 0 Å². The summed E-state index contributed by atoms with van der Waals surface area (Å²) in [6.45, 7) is 3.22. The molecule has 0 saturated heterocycles. The van der Waals surface area contributed by atoms with E-state index >= 15 is 0 Å². The Morgan fingerprint density at radius 1 is 1.78 bits per heavy atom. The van der Waals surface area contributed by atoms with Crippen LogP contribution in [-0.4, -0.2) is 32.5 Å². The Morgan fingerprint density at radius 2 is 2.44 bits per heavy atom. The second kappa shape index (κ2) is 7.17. The van der Waals surface area contributed by atoms with Crippen molar-refractivity contribution in [3.63, 3.8) is 0 Å². The minimum atomic E-state index is 0.964. The summed E-state index contributed by atoms with van der Waals surface area (Å²) in [5, 5.41) is 3.16. The maximum atomic E-state index is 4.95. The van der Waals surface area contributed by atoms with Crippen LogP contribution >= 0.6 is 21.1 Å². The molecular weight excluding hydrogens is 260 g/mol. The van der Waals surface area contributed by atoms with Crippen LogP contribution in [0.3, 0.4) is 0 Å². The van der Waals surface area contributed by atoms with Crippen molar-refractivity contribution in [2.24, 2.45) is 0 Å². The molecule has 0 radical (unpaired) electrons. The molecule has 0 unspecified atom stereocenters. The fraction of sp³-hybridized carbons (Fsp3) is 0.800. The SMILES string of the molecule is CCCCNC(=S)[S][SbH2]. The first-order valence-electron chi connectivity index (χ1n) is 2.95. The van der Waals surface area contributed by atoms with Gasteiger partial charge in [-0.05, 0) is 0 Å². The number of nitrogens with one attached hydrogen (secondary N) is 1. The van der Waals surface area contributed by atoms with Crippen LogP contribution in [0.15, 0.2) is 0 Å². The van der Waals surface area contributed by atoms with E-state index in [0.717, 1.165) is 32.5 Å². The zero-order valence-corrected chi connectivity index (χ0v) is 10.4. The molecule has 0 aromatic carbocycles. The topological polar surface area (TPSA) is 12.0 Å². The summed E-state index contributed by atoms with van der Waals surface area (Å²) >= 11 is 6.11. The minimum absolute atomic E-state index is 0.964. The molecule has 0 aromatic rings.